The van der Waals surface area contributed by atoms with Crippen LogP contribution in [0.4, 0.5) is 5.69 Å². The zero-order valence-electron chi connectivity index (χ0n) is 16.4. The van der Waals surface area contributed by atoms with E-state index in [0.717, 1.165) is 41.1 Å². The minimum Gasteiger partial charge on any atom is -0.466 e. The Balaban J connectivity index is 1.77. The van der Waals surface area contributed by atoms with E-state index in [4.69, 9.17) is 4.74 Å². The molecule has 1 unspecified atom stereocenters. The number of aryl methyl sites for hydroxylation is 2. The van der Waals surface area contributed by atoms with Crippen LogP contribution in [0.1, 0.15) is 30.9 Å². The van der Waals surface area contributed by atoms with Crippen molar-refractivity contribution in [3.05, 3.63) is 29.3 Å². The summed E-state index contributed by atoms with van der Waals surface area (Å²) >= 11 is 0. The summed E-state index contributed by atoms with van der Waals surface area (Å²) in [5.74, 6) is -0.762. The number of rotatable bonds is 7. The Bertz CT molecular complexity index is 670. The zero-order valence-corrected chi connectivity index (χ0v) is 16.4. The molecule has 2 rings (SSSR count). The van der Waals surface area contributed by atoms with E-state index in [0.29, 0.717) is 13.2 Å². The molecule has 1 fully saturated rings. The molecular weight excluding hydrogens is 346 g/mol. The van der Waals surface area contributed by atoms with Crippen LogP contribution >= 0.6 is 0 Å². The Morgan fingerprint density at radius 2 is 1.89 bits per heavy atom. The van der Waals surface area contributed by atoms with Gasteiger partial charge in [-0.2, -0.15) is 0 Å². The zero-order chi connectivity index (χ0) is 19.8. The lowest BCUT2D eigenvalue weighted by Gasteiger charge is -2.28. The van der Waals surface area contributed by atoms with Gasteiger partial charge in [-0.3, -0.25) is 14.4 Å². The van der Waals surface area contributed by atoms with E-state index in [-0.39, 0.29) is 36.8 Å². The molecule has 0 radical (unpaired) electrons. The van der Waals surface area contributed by atoms with Crippen LogP contribution in [0, 0.1) is 19.8 Å². The van der Waals surface area contributed by atoms with Gasteiger partial charge in [0.05, 0.1) is 26.2 Å². The number of anilines is 1. The van der Waals surface area contributed by atoms with Crippen LogP contribution in [0.25, 0.3) is 0 Å². The van der Waals surface area contributed by atoms with Crippen LogP contribution in [-0.2, 0) is 19.1 Å². The number of hydrogen-bond donors (Lipinski definition) is 3. The highest BCUT2D eigenvalue weighted by Crippen LogP contribution is 2.18. The highest BCUT2D eigenvalue weighted by atomic mass is 16.5. The van der Waals surface area contributed by atoms with Crippen molar-refractivity contribution in [2.24, 2.45) is 5.92 Å². The van der Waals surface area contributed by atoms with Crippen LogP contribution < -0.4 is 15.5 Å². The molecule has 27 heavy (non-hydrogen) atoms. The predicted molar refractivity (Wildman–Crippen MR) is 102 cm³/mol. The van der Waals surface area contributed by atoms with Crippen LogP contribution in [0.15, 0.2) is 18.2 Å². The lowest BCUT2D eigenvalue weighted by Crippen LogP contribution is -3.14. The van der Waals surface area contributed by atoms with Crippen molar-refractivity contribution in [1.82, 2.24) is 5.32 Å². The molecule has 1 aliphatic rings. The third-order valence-electron chi connectivity index (χ3n) is 4.84. The molecule has 0 spiro atoms. The van der Waals surface area contributed by atoms with Gasteiger partial charge in [0.1, 0.15) is 5.92 Å². The van der Waals surface area contributed by atoms with Crippen molar-refractivity contribution in [3.63, 3.8) is 0 Å². The maximum Gasteiger partial charge on any atom is 0.314 e. The third-order valence-corrected chi connectivity index (χ3v) is 4.84. The molecule has 148 valence electrons. The van der Waals surface area contributed by atoms with Crippen molar-refractivity contribution >= 4 is 23.5 Å². The average Bonchev–Trinajstić information content (AvgIpc) is 2.63. The number of para-hydroxylation sites is 1. The van der Waals surface area contributed by atoms with Gasteiger partial charge in [0.2, 0.25) is 5.91 Å². The number of amides is 2. The maximum absolute atomic E-state index is 12.2. The Kier molecular flexibility index (Phi) is 7.79. The smallest absolute Gasteiger partial charge is 0.314 e. The molecule has 2 amide bonds. The standard InChI is InChI=1S/C20H29N3O4/c1-4-27-20(26)16-9-6-10-23(12-16)13-18(25)21-11-17(24)22-19-14(2)7-5-8-15(19)3/h5,7-8,16H,4,6,9-13H2,1-3H3,(H,21,25)(H,22,24)/p+1/t16-/m1/s1. The first-order chi connectivity index (χ1) is 12.9. The van der Waals surface area contributed by atoms with Gasteiger partial charge < -0.3 is 20.3 Å². The Hall–Kier alpha value is -2.41. The third kappa shape index (κ3) is 6.36. The van der Waals surface area contributed by atoms with Crippen LogP contribution in [0.3, 0.4) is 0 Å². The summed E-state index contributed by atoms with van der Waals surface area (Å²) in [5.41, 5.74) is 2.76. The SMILES string of the molecule is CCOC(=O)[C@@H]1CCC[NH+](CC(=O)NCC(=O)Nc2c(C)cccc2C)C1. The average molecular weight is 376 g/mol. The number of hydrogen-bond acceptors (Lipinski definition) is 4. The summed E-state index contributed by atoms with van der Waals surface area (Å²) in [6.07, 6.45) is 1.70. The van der Waals surface area contributed by atoms with E-state index in [1.54, 1.807) is 6.92 Å². The van der Waals surface area contributed by atoms with Gasteiger partial charge >= 0.3 is 5.97 Å². The van der Waals surface area contributed by atoms with Crippen LogP contribution in [0.2, 0.25) is 0 Å². The molecule has 2 atom stereocenters. The first-order valence-corrected chi connectivity index (χ1v) is 9.53. The first kappa shape index (κ1) is 20.9. The molecule has 1 aromatic carbocycles. The number of piperidine rings is 1. The molecule has 0 saturated carbocycles. The van der Waals surface area contributed by atoms with E-state index >= 15 is 0 Å². The molecule has 0 aromatic heterocycles. The van der Waals surface area contributed by atoms with Gasteiger partial charge in [-0.15, -0.1) is 0 Å². The van der Waals surface area contributed by atoms with Gasteiger partial charge in [0.25, 0.3) is 5.91 Å². The molecule has 7 nitrogen and oxygen atoms in total. The summed E-state index contributed by atoms with van der Waals surface area (Å²) in [6, 6.07) is 5.80. The summed E-state index contributed by atoms with van der Waals surface area (Å²) in [7, 11) is 0. The lowest BCUT2D eigenvalue weighted by atomic mass is 9.98. The molecule has 1 aromatic rings. The second kappa shape index (κ2) is 10.1. The highest BCUT2D eigenvalue weighted by Gasteiger charge is 2.30. The predicted octanol–water partition coefficient (Wildman–Crippen LogP) is 0.216. The number of ether oxygens (including phenoxy) is 1. The molecule has 0 aliphatic carbocycles. The molecule has 1 saturated heterocycles. The number of nitrogens with one attached hydrogen (secondary N) is 3. The normalized spacial score (nSPS) is 19.2. The monoisotopic (exact) mass is 376 g/mol. The van der Waals surface area contributed by atoms with Crippen molar-refractivity contribution < 1.29 is 24.0 Å². The van der Waals surface area contributed by atoms with Crippen molar-refractivity contribution in [1.29, 1.82) is 0 Å². The van der Waals surface area contributed by atoms with Crippen molar-refractivity contribution in [3.8, 4) is 0 Å². The fourth-order valence-corrected chi connectivity index (χ4v) is 3.44. The van der Waals surface area contributed by atoms with Crippen LogP contribution in [0.5, 0.6) is 0 Å². The molecule has 3 N–H and O–H groups in total. The van der Waals surface area contributed by atoms with Gasteiger partial charge in [-0.1, -0.05) is 18.2 Å². The number of carbonyl (C=O) groups excluding carboxylic acids is 3. The lowest BCUT2D eigenvalue weighted by molar-refractivity contribution is -0.899. The van der Waals surface area contributed by atoms with E-state index in [2.05, 4.69) is 10.6 Å². The second-order valence-electron chi connectivity index (χ2n) is 7.06. The fraction of sp³-hybridized carbons (Fsp3) is 0.550. The Morgan fingerprint density at radius 3 is 2.56 bits per heavy atom. The largest absolute Gasteiger partial charge is 0.466 e. The number of carbonyl (C=O) groups is 3. The number of benzene rings is 1. The quantitative estimate of drug-likeness (QED) is 0.594. The van der Waals surface area contributed by atoms with Crippen molar-refractivity contribution in [2.75, 3.05) is 38.1 Å². The minimum atomic E-state index is -0.251. The van der Waals surface area contributed by atoms with E-state index in [1.807, 2.05) is 32.0 Å². The molecule has 0 bridgehead atoms. The molecule has 1 heterocycles. The Morgan fingerprint density at radius 1 is 1.19 bits per heavy atom. The number of esters is 1. The van der Waals surface area contributed by atoms with Gasteiger partial charge in [0, 0.05) is 5.69 Å². The van der Waals surface area contributed by atoms with Crippen molar-refractivity contribution in [2.45, 2.75) is 33.6 Å². The molecule has 7 heteroatoms. The van der Waals surface area contributed by atoms with E-state index in [9.17, 15) is 14.4 Å². The highest BCUT2D eigenvalue weighted by molar-refractivity contribution is 5.95. The summed E-state index contributed by atoms with van der Waals surface area (Å²) in [4.78, 5) is 37.2. The summed E-state index contributed by atoms with van der Waals surface area (Å²) < 4.78 is 5.08. The summed E-state index contributed by atoms with van der Waals surface area (Å²) in [5, 5.41) is 5.52. The van der Waals surface area contributed by atoms with Crippen LogP contribution in [-0.4, -0.2) is 50.6 Å². The topological polar surface area (TPSA) is 88.9 Å². The number of quaternary nitrogens is 1. The molecule has 1 aliphatic heterocycles. The maximum atomic E-state index is 12.2. The fourth-order valence-electron chi connectivity index (χ4n) is 3.44. The minimum absolute atomic E-state index is 0.0683. The summed E-state index contributed by atoms with van der Waals surface area (Å²) in [6.45, 7) is 7.66. The van der Waals surface area contributed by atoms with Gasteiger partial charge in [-0.25, -0.2) is 0 Å². The van der Waals surface area contributed by atoms with Gasteiger partial charge in [0.15, 0.2) is 6.54 Å². The van der Waals surface area contributed by atoms with Gasteiger partial charge in [-0.05, 0) is 44.7 Å². The van der Waals surface area contributed by atoms with E-state index in [1.165, 1.54) is 0 Å². The second-order valence-corrected chi connectivity index (χ2v) is 7.06. The molecular formula is C20H30N3O4+. The number of likely N-dealkylation sites (tertiary alicyclic amines) is 1. The first-order valence-electron chi connectivity index (χ1n) is 9.53. The van der Waals surface area contributed by atoms with E-state index < -0.39 is 0 Å². The Labute approximate surface area is 160 Å².